The Bertz CT molecular complexity index is 835. The van der Waals surface area contributed by atoms with Crippen LogP contribution in [-0.2, 0) is 16.9 Å². The molecule has 1 fully saturated rings. The number of aromatic nitrogens is 2. The first-order chi connectivity index (χ1) is 10.3. The third-order valence-corrected chi connectivity index (χ3v) is 4.77. The Morgan fingerprint density at radius 1 is 1.32 bits per heavy atom. The van der Waals surface area contributed by atoms with E-state index in [0.717, 1.165) is 24.8 Å². The lowest BCUT2D eigenvalue weighted by atomic mass is 10.2. The van der Waals surface area contributed by atoms with Gasteiger partial charge in [0.25, 0.3) is 5.91 Å². The van der Waals surface area contributed by atoms with Crippen LogP contribution in [0.1, 0.15) is 34.8 Å². The Morgan fingerprint density at radius 3 is 2.68 bits per heavy atom. The largest absolute Gasteiger partial charge is 0.307 e. The molecule has 1 aliphatic rings. The van der Waals surface area contributed by atoms with Crippen LogP contribution in [0.3, 0.4) is 0 Å². The van der Waals surface area contributed by atoms with Crippen LogP contribution in [-0.4, -0.2) is 30.4 Å². The minimum atomic E-state index is -3.34. The third-order valence-electron chi connectivity index (χ3n) is 3.66. The number of nitrogens with zero attached hydrogens (tertiary/aromatic N) is 2. The summed E-state index contributed by atoms with van der Waals surface area (Å²) in [5.74, 6) is 0.762. The normalized spacial score (nSPS) is 14.8. The number of benzene rings is 1. The summed E-state index contributed by atoms with van der Waals surface area (Å²) in [7, 11) is -1.56. The van der Waals surface area contributed by atoms with Crippen LogP contribution in [0, 0.1) is 0 Å². The van der Waals surface area contributed by atoms with Crippen LogP contribution in [0.25, 0.3) is 0 Å². The Balaban J connectivity index is 1.82. The fourth-order valence-corrected chi connectivity index (χ4v) is 2.91. The van der Waals surface area contributed by atoms with Crippen LogP contribution in [0.4, 0.5) is 5.82 Å². The number of amides is 1. The fraction of sp³-hybridized carbons (Fsp3) is 0.333. The number of rotatable bonds is 4. The molecule has 6 nitrogen and oxygen atoms in total. The van der Waals surface area contributed by atoms with Crippen LogP contribution >= 0.6 is 0 Å². The maximum atomic E-state index is 12.3. The van der Waals surface area contributed by atoms with Gasteiger partial charge in [-0.2, -0.15) is 5.10 Å². The zero-order valence-electron chi connectivity index (χ0n) is 12.4. The highest BCUT2D eigenvalue weighted by molar-refractivity contribution is 7.90. The number of carbonyl (C=O) groups is 1. The zero-order valence-corrected chi connectivity index (χ0v) is 13.2. The van der Waals surface area contributed by atoms with Crippen molar-refractivity contribution in [2.24, 2.45) is 7.05 Å². The van der Waals surface area contributed by atoms with E-state index in [1.165, 1.54) is 12.1 Å². The minimum Gasteiger partial charge on any atom is -0.307 e. The van der Waals surface area contributed by atoms with Gasteiger partial charge in [0.05, 0.1) is 10.6 Å². The minimum absolute atomic E-state index is 0.129. The highest BCUT2D eigenvalue weighted by Crippen LogP contribution is 2.39. The van der Waals surface area contributed by atoms with Crippen molar-refractivity contribution in [3.05, 3.63) is 41.6 Å². The Hall–Kier alpha value is -2.15. The smallest absolute Gasteiger partial charge is 0.256 e. The second kappa shape index (κ2) is 5.24. The average molecular weight is 319 g/mol. The highest BCUT2D eigenvalue weighted by Gasteiger charge is 2.27. The Kier molecular flexibility index (Phi) is 3.52. The number of nitrogens with one attached hydrogen (secondary N) is 1. The van der Waals surface area contributed by atoms with Crippen molar-refractivity contribution in [2.75, 3.05) is 11.6 Å². The lowest BCUT2D eigenvalue weighted by Gasteiger charge is -2.06. The number of aryl methyl sites for hydroxylation is 1. The number of carbonyl (C=O) groups excluding carboxylic acids is 1. The summed E-state index contributed by atoms with van der Waals surface area (Å²) in [6.45, 7) is 0. The molecular formula is C15H17N3O3S. The van der Waals surface area contributed by atoms with E-state index >= 15 is 0 Å². The topological polar surface area (TPSA) is 81.1 Å². The second-order valence-corrected chi connectivity index (χ2v) is 7.62. The number of hydrogen-bond acceptors (Lipinski definition) is 4. The van der Waals surface area contributed by atoms with Gasteiger partial charge >= 0.3 is 0 Å². The van der Waals surface area contributed by atoms with Crippen LogP contribution in [0.15, 0.2) is 35.2 Å². The maximum Gasteiger partial charge on any atom is 0.256 e. The summed E-state index contributed by atoms with van der Waals surface area (Å²) >= 11 is 0. The van der Waals surface area contributed by atoms with Gasteiger partial charge in [0.2, 0.25) is 0 Å². The summed E-state index contributed by atoms with van der Waals surface area (Å²) < 4.78 is 24.7. The van der Waals surface area contributed by atoms with E-state index in [2.05, 4.69) is 10.4 Å². The van der Waals surface area contributed by atoms with E-state index in [-0.39, 0.29) is 10.8 Å². The average Bonchev–Trinajstić information content (AvgIpc) is 3.24. The van der Waals surface area contributed by atoms with Crippen molar-refractivity contribution in [2.45, 2.75) is 23.7 Å². The lowest BCUT2D eigenvalue weighted by molar-refractivity contribution is 0.102. The highest BCUT2D eigenvalue weighted by atomic mass is 32.2. The van der Waals surface area contributed by atoms with Gasteiger partial charge in [-0.3, -0.25) is 9.48 Å². The fourth-order valence-electron chi connectivity index (χ4n) is 2.24. The van der Waals surface area contributed by atoms with E-state index in [1.54, 1.807) is 23.9 Å². The van der Waals surface area contributed by atoms with Gasteiger partial charge in [-0.25, -0.2) is 8.42 Å². The number of sulfone groups is 1. The van der Waals surface area contributed by atoms with Gasteiger partial charge in [-0.05, 0) is 31.0 Å². The molecule has 3 rings (SSSR count). The predicted octanol–water partition coefficient (Wildman–Crippen LogP) is 1.95. The van der Waals surface area contributed by atoms with E-state index in [0.29, 0.717) is 17.3 Å². The summed E-state index contributed by atoms with van der Waals surface area (Å²) in [5, 5.41) is 7.16. The van der Waals surface area contributed by atoms with Crippen molar-refractivity contribution in [3.8, 4) is 0 Å². The van der Waals surface area contributed by atoms with Gasteiger partial charge in [-0.1, -0.05) is 6.07 Å². The summed E-state index contributed by atoms with van der Waals surface area (Å²) in [6.07, 6.45) is 3.40. The monoisotopic (exact) mass is 319 g/mol. The van der Waals surface area contributed by atoms with E-state index < -0.39 is 9.84 Å². The van der Waals surface area contributed by atoms with E-state index in [9.17, 15) is 13.2 Å². The molecule has 0 saturated heterocycles. The first kappa shape index (κ1) is 14.8. The molecule has 0 radical (unpaired) electrons. The number of hydrogen-bond donors (Lipinski definition) is 1. The van der Waals surface area contributed by atoms with Gasteiger partial charge in [0.1, 0.15) is 5.82 Å². The molecule has 22 heavy (non-hydrogen) atoms. The van der Waals surface area contributed by atoms with Gasteiger partial charge in [0.15, 0.2) is 9.84 Å². The molecule has 116 valence electrons. The third kappa shape index (κ3) is 3.04. The van der Waals surface area contributed by atoms with Crippen molar-refractivity contribution < 1.29 is 13.2 Å². The van der Waals surface area contributed by atoms with Gasteiger partial charge in [0, 0.05) is 30.9 Å². The van der Waals surface area contributed by atoms with Crippen LogP contribution in [0.5, 0.6) is 0 Å². The molecule has 1 amide bonds. The molecule has 0 bridgehead atoms. The molecule has 0 spiro atoms. The summed E-state index contributed by atoms with van der Waals surface area (Å²) in [5.41, 5.74) is 1.29. The van der Waals surface area contributed by atoms with Crippen LogP contribution < -0.4 is 5.32 Å². The van der Waals surface area contributed by atoms with Gasteiger partial charge < -0.3 is 5.32 Å². The summed E-state index contributed by atoms with van der Waals surface area (Å²) in [4.78, 5) is 12.4. The molecule has 1 aromatic carbocycles. The molecule has 7 heteroatoms. The first-order valence-corrected chi connectivity index (χ1v) is 8.89. The first-order valence-electron chi connectivity index (χ1n) is 7.00. The molecule has 0 unspecified atom stereocenters. The van der Waals surface area contributed by atoms with Crippen LogP contribution in [0.2, 0.25) is 0 Å². The SMILES string of the molecule is Cn1nc(C2CC2)cc1NC(=O)c1cccc(S(C)(=O)=O)c1. The van der Waals surface area contributed by atoms with E-state index in [4.69, 9.17) is 0 Å². The predicted molar refractivity (Wildman–Crippen MR) is 82.7 cm³/mol. The summed E-state index contributed by atoms with van der Waals surface area (Å²) in [6, 6.07) is 7.87. The molecular weight excluding hydrogens is 302 g/mol. The van der Waals surface area contributed by atoms with Crippen molar-refractivity contribution >= 4 is 21.6 Å². The van der Waals surface area contributed by atoms with Crippen molar-refractivity contribution in [1.82, 2.24) is 9.78 Å². The van der Waals surface area contributed by atoms with E-state index in [1.807, 2.05) is 6.07 Å². The molecule has 1 aliphatic carbocycles. The maximum absolute atomic E-state index is 12.3. The molecule has 0 atom stereocenters. The Morgan fingerprint density at radius 2 is 2.05 bits per heavy atom. The molecule has 1 aromatic heterocycles. The zero-order chi connectivity index (χ0) is 15.9. The Labute approximate surface area is 129 Å². The molecule has 1 saturated carbocycles. The lowest BCUT2D eigenvalue weighted by Crippen LogP contribution is -2.15. The molecule has 1 N–H and O–H groups in total. The standard InChI is InChI=1S/C15H17N3O3S/c1-18-14(9-13(17-18)10-6-7-10)16-15(19)11-4-3-5-12(8-11)22(2,20)21/h3-5,8-10H,6-7H2,1-2H3,(H,16,19). The number of anilines is 1. The van der Waals surface area contributed by atoms with Crippen molar-refractivity contribution in [1.29, 1.82) is 0 Å². The second-order valence-electron chi connectivity index (χ2n) is 5.61. The van der Waals surface area contributed by atoms with Gasteiger partial charge in [-0.15, -0.1) is 0 Å². The quantitative estimate of drug-likeness (QED) is 0.934. The molecule has 2 aromatic rings. The van der Waals surface area contributed by atoms with Crippen molar-refractivity contribution in [3.63, 3.8) is 0 Å². The molecule has 1 heterocycles. The molecule has 0 aliphatic heterocycles.